The zero-order chi connectivity index (χ0) is 36.7. The molecule has 0 amide bonds. The number of anilines is 3. The number of para-hydroxylation sites is 3. The molecular formula is C52H31NO2S. The zero-order valence-electron chi connectivity index (χ0n) is 30.1. The smallest absolute Gasteiger partial charge is 0.143 e. The van der Waals surface area contributed by atoms with Crippen molar-refractivity contribution in [3.05, 3.63) is 188 Å². The molecule has 0 radical (unpaired) electrons. The second-order valence-electron chi connectivity index (χ2n) is 14.4. The quantitative estimate of drug-likeness (QED) is 0.176. The van der Waals surface area contributed by atoms with Crippen LogP contribution in [-0.2, 0) is 0 Å². The lowest BCUT2D eigenvalue weighted by atomic mass is 9.96. The van der Waals surface area contributed by atoms with Crippen LogP contribution in [0.4, 0.5) is 17.1 Å². The molecule has 4 heteroatoms. The Bertz CT molecular complexity index is 3500. The van der Waals surface area contributed by atoms with Crippen molar-refractivity contribution in [1.29, 1.82) is 0 Å². The molecule has 12 aromatic rings. The molecule has 0 aliphatic heterocycles. The monoisotopic (exact) mass is 733 g/mol. The van der Waals surface area contributed by atoms with Crippen molar-refractivity contribution >= 4 is 103 Å². The number of hydrogen-bond acceptors (Lipinski definition) is 4. The average Bonchev–Trinajstić information content (AvgIpc) is 3.95. The number of benzene rings is 9. The predicted molar refractivity (Wildman–Crippen MR) is 237 cm³/mol. The van der Waals surface area contributed by atoms with Gasteiger partial charge in [-0.3, -0.25) is 0 Å². The highest BCUT2D eigenvalue weighted by Gasteiger charge is 2.23. The van der Waals surface area contributed by atoms with Crippen LogP contribution in [0.1, 0.15) is 0 Å². The number of thiophene rings is 1. The van der Waals surface area contributed by atoms with E-state index in [9.17, 15) is 0 Å². The van der Waals surface area contributed by atoms with Gasteiger partial charge < -0.3 is 13.7 Å². The van der Waals surface area contributed by atoms with E-state index in [1.54, 1.807) is 0 Å². The Balaban J connectivity index is 1.09. The third-order valence-corrected chi connectivity index (χ3v) is 12.5. The summed E-state index contributed by atoms with van der Waals surface area (Å²) < 4.78 is 15.6. The fourth-order valence-electron chi connectivity index (χ4n) is 8.71. The van der Waals surface area contributed by atoms with Gasteiger partial charge in [-0.05, 0) is 76.5 Å². The first kappa shape index (κ1) is 31.2. The van der Waals surface area contributed by atoms with E-state index >= 15 is 0 Å². The Labute approximate surface area is 325 Å². The summed E-state index contributed by atoms with van der Waals surface area (Å²) >= 11 is 1.85. The molecule has 12 rings (SSSR count). The standard InChI is InChI=1S/C52H31NO2S/c1-2-13-34-31-48-43(30-33(34)12-1)50-40(18-11-24-47(50)54-48)37-14-3-6-21-44(37)53(45-22-10-20-42-39-16-5-8-25-49(39)56-52(42)45)35-28-26-32(27-29-35)36-17-9-19-41-38-15-4-7-23-46(38)55-51(36)41/h1-31H. The van der Waals surface area contributed by atoms with E-state index in [0.717, 1.165) is 83.2 Å². The van der Waals surface area contributed by atoms with Crippen molar-refractivity contribution in [2.75, 3.05) is 4.90 Å². The van der Waals surface area contributed by atoms with Crippen molar-refractivity contribution in [1.82, 2.24) is 0 Å². The van der Waals surface area contributed by atoms with Crippen LogP contribution in [0, 0.1) is 0 Å². The minimum Gasteiger partial charge on any atom is -0.456 e. The lowest BCUT2D eigenvalue weighted by Gasteiger charge is -2.28. The summed E-state index contributed by atoms with van der Waals surface area (Å²) in [5.41, 5.74) is 11.3. The van der Waals surface area contributed by atoms with Gasteiger partial charge in [-0.2, -0.15) is 0 Å². The Hall–Kier alpha value is -7.14. The molecule has 3 aromatic heterocycles. The van der Waals surface area contributed by atoms with Gasteiger partial charge >= 0.3 is 0 Å². The Morgan fingerprint density at radius 1 is 0.393 bits per heavy atom. The molecule has 0 saturated carbocycles. The second kappa shape index (κ2) is 12.2. The van der Waals surface area contributed by atoms with Crippen molar-refractivity contribution in [3.63, 3.8) is 0 Å². The van der Waals surface area contributed by atoms with E-state index in [4.69, 9.17) is 8.83 Å². The fourth-order valence-corrected chi connectivity index (χ4v) is 9.92. The Morgan fingerprint density at radius 3 is 1.95 bits per heavy atom. The van der Waals surface area contributed by atoms with Crippen LogP contribution in [0.25, 0.3) is 97.1 Å². The van der Waals surface area contributed by atoms with Gasteiger partial charge in [0.2, 0.25) is 0 Å². The van der Waals surface area contributed by atoms with Crippen molar-refractivity contribution in [2.24, 2.45) is 0 Å². The van der Waals surface area contributed by atoms with Gasteiger partial charge in [0.25, 0.3) is 0 Å². The molecule has 0 fully saturated rings. The summed E-state index contributed by atoms with van der Waals surface area (Å²) in [6.07, 6.45) is 0. The predicted octanol–water partition coefficient (Wildman–Crippen LogP) is 15.8. The topological polar surface area (TPSA) is 29.5 Å². The van der Waals surface area contributed by atoms with Gasteiger partial charge in [0.05, 0.1) is 16.1 Å². The van der Waals surface area contributed by atoms with E-state index in [-0.39, 0.29) is 0 Å². The molecule has 3 heterocycles. The molecule has 0 N–H and O–H groups in total. The molecule has 0 bridgehead atoms. The van der Waals surface area contributed by atoms with Gasteiger partial charge in [0, 0.05) is 53.8 Å². The molecule has 0 saturated heterocycles. The molecule has 0 aliphatic carbocycles. The van der Waals surface area contributed by atoms with Crippen molar-refractivity contribution < 1.29 is 8.83 Å². The maximum atomic E-state index is 6.57. The van der Waals surface area contributed by atoms with Gasteiger partial charge in [0.15, 0.2) is 0 Å². The summed E-state index contributed by atoms with van der Waals surface area (Å²) in [6, 6.07) is 67.3. The third kappa shape index (κ3) is 4.70. The zero-order valence-corrected chi connectivity index (χ0v) is 30.9. The van der Waals surface area contributed by atoms with Crippen LogP contribution in [0.5, 0.6) is 0 Å². The van der Waals surface area contributed by atoms with Crippen molar-refractivity contribution in [2.45, 2.75) is 0 Å². The van der Waals surface area contributed by atoms with E-state index < -0.39 is 0 Å². The van der Waals surface area contributed by atoms with E-state index in [2.05, 4.69) is 181 Å². The first-order valence-corrected chi connectivity index (χ1v) is 19.7. The highest BCUT2D eigenvalue weighted by Crippen LogP contribution is 2.49. The molecule has 9 aromatic carbocycles. The number of rotatable bonds is 5. The van der Waals surface area contributed by atoms with Crippen LogP contribution >= 0.6 is 11.3 Å². The van der Waals surface area contributed by atoms with Crippen LogP contribution in [-0.4, -0.2) is 0 Å². The van der Waals surface area contributed by atoms with E-state index in [1.165, 1.54) is 30.9 Å². The summed E-state index contributed by atoms with van der Waals surface area (Å²) in [5.74, 6) is 0. The molecule has 56 heavy (non-hydrogen) atoms. The first-order chi connectivity index (χ1) is 27.8. The number of nitrogens with zero attached hydrogens (tertiary/aromatic N) is 1. The van der Waals surface area contributed by atoms with E-state index in [1.807, 2.05) is 23.5 Å². The number of fused-ring (bicyclic) bond motifs is 10. The Kier molecular flexibility index (Phi) is 6.80. The third-order valence-electron chi connectivity index (χ3n) is 11.3. The number of furan rings is 2. The minimum absolute atomic E-state index is 0.880. The average molecular weight is 734 g/mol. The van der Waals surface area contributed by atoms with Gasteiger partial charge in [-0.1, -0.05) is 133 Å². The molecule has 0 atom stereocenters. The summed E-state index contributed by atoms with van der Waals surface area (Å²) in [5, 5.41) is 9.40. The SMILES string of the molecule is c1ccc(N(c2ccc(-c3cccc4c3oc3ccccc34)cc2)c2cccc3c2sc2ccccc23)c(-c2cccc3oc4cc5ccccc5cc4c23)c1. The Morgan fingerprint density at radius 2 is 1.04 bits per heavy atom. The normalized spacial score (nSPS) is 11.9. The summed E-state index contributed by atoms with van der Waals surface area (Å²) in [4.78, 5) is 2.44. The molecule has 0 aliphatic rings. The summed E-state index contributed by atoms with van der Waals surface area (Å²) in [6.45, 7) is 0. The fraction of sp³-hybridized carbons (Fsp3) is 0. The molecule has 0 spiro atoms. The number of hydrogen-bond donors (Lipinski definition) is 0. The van der Waals surface area contributed by atoms with E-state index in [0.29, 0.717) is 0 Å². The first-order valence-electron chi connectivity index (χ1n) is 18.9. The maximum absolute atomic E-state index is 6.57. The van der Waals surface area contributed by atoms with Crippen LogP contribution in [0.15, 0.2) is 197 Å². The molecule has 0 unspecified atom stereocenters. The van der Waals surface area contributed by atoms with Crippen LogP contribution in [0.2, 0.25) is 0 Å². The highest BCUT2D eigenvalue weighted by atomic mass is 32.1. The summed E-state index contributed by atoms with van der Waals surface area (Å²) in [7, 11) is 0. The lowest BCUT2D eigenvalue weighted by Crippen LogP contribution is -2.11. The van der Waals surface area contributed by atoms with Gasteiger partial charge in [-0.25, -0.2) is 0 Å². The largest absolute Gasteiger partial charge is 0.456 e. The van der Waals surface area contributed by atoms with Gasteiger partial charge in [0.1, 0.15) is 22.3 Å². The minimum atomic E-state index is 0.880. The molecule has 262 valence electrons. The second-order valence-corrected chi connectivity index (χ2v) is 15.5. The van der Waals surface area contributed by atoms with Crippen LogP contribution in [0.3, 0.4) is 0 Å². The molecular weight excluding hydrogens is 703 g/mol. The van der Waals surface area contributed by atoms with Gasteiger partial charge in [-0.15, -0.1) is 11.3 Å². The highest BCUT2D eigenvalue weighted by molar-refractivity contribution is 7.26. The lowest BCUT2D eigenvalue weighted by molar-refractivity contribution is 0.669. The maximum Gasteiger partial charge on any atom is 0.143 e. The molecule has 3 nitrogen and oxygen atoms in total. The van der Waals surface area contributed by atoms with Crippen molar-refractivity contribution in [3.8, 4) is 22.3 Å². The van der Waals surface area contributed by atoms with Crippen LogP contribution < -0.4 is 4.90 Å².